The van der Waals surface area contributed by atoms with E-state index in [2.05, 4.69) is 25.2 Å². The van der Waals surface area contributed by atoms with E-state index in [1.807, 2.05) is 0 Å². The monoisotopic (exact) mass is 319 g/mol. The molecule has 3 rings (SSSR count). The molecule has 1 N–H and O–H groups in total. The number of carbonyl (C=O) groups is 1. The molecule has 2 fully saturated rings. The summed E-state index contributed by atoms with van der Waals surface area (Å²) in [6.45, 7) is 2.25. The fourth-order valence-corrected chi connectivity index (χ4v) is 3.29. The van der Waals surface area contributed by atoms with Gasteiger partial charge in [-0.1, -0.05) is 19.3 Å². The Morgan fingerprint density at radius 1 is 1.13 bits per heavy atom. The number of anilines is 1. The van der Waals surface area contributed by atoms with Gasteiger partial charge >= 0.3 is 6.01 Å². The molecular formula is C16H25N5O2. The van der Waals surface area contributed by atoms with Gasteiger partial charge in [0.05, 0.1) is 13.7 Å². The van der Waals surface area contributed by atoms with Gasteiger partial charge in [0.1, 0.15) is 0 Å². The summed E-state index contributed by atoms with van der Waals surface area (Å²) in [6, 6.07) is 0.309. The fraction of sp³-hybridized carbons (Fsp3) is 0.750. The number of hydrogen-bond acceptors (Lipinski definition) is 6. The first kappa shape index (κ1) is 16.0. The van der Waals surface area contributed by atoms with Crippen molar-refractivity contribution in [1.82, 2.24) is 20.3 Å². The molecule has 1 amide bonds. The molecule has 0 radical (unpaired) electrons. The SMILES string of the molecule is COc1nc(CNC(=O)C2CCCCC2)nc(N2CCCC2)n1. The van der Waals surface area contributed by atoms with E-state index in [1.54, 1.807) is 7.11 Å². The summed E-state index contributed by atoms with van der Waals surface area (Å²) < 4.78 is 5.18. The number of rotatable bonds is 5. The Morgan fingerprint density at radius 2 is 1.87 bits per heavy atom. The smallest absolute Gasteiger partial charge is 0.321 e. The van der Waals surface area contributed by atoms with Crippen LogP contribution in [0.3, 0.4) is 0 Å². The van der Waals surface area contributed by atoms with Gasteiger partial charge in [-0.05, 0) is 25.7 Å². The summed E-state index contributed by atoms with van der Waals surface area (Å²) in [7, 11) is 1.55. The van der Waals surface area contributed by atoms with E-state index in [0.29, 0.717) is 24.3 Å². The zero-order chi connectivity index (χ0) is 16.1. The van der Waals surface area contributed by atoms with Crippen LogP contribution in [0.25, 0.3) is 0 Å². The highest BCUT2D eigenvalue weighted by Crippen LogP contribution is 2.23. The third kappa shape index (κ3) is 4.09. The summed E-state index contributed by atoms with van der Waals surface area (Å²) in [5.41, 5.74) is 0. The van der Waals surface area contributed by atoms with Crippen molar-refractivity contribution < 1.29 is 9.53 Å². The quantitative estimate of drug-likeness (QED) is 0.889. The number of methoxy groups -OCH3 is 1. The predicted octanol–water partition coefficient (Wildman–Crippen LogP) is 1.68. The second kappa shape index (κ2) is 7.57. The van der Waals surface area contributed by atoms with Crippen molar-refractivity contribution in [2.24, 2.45) is 5.92 Å². The number of amides is 1. The molecule has 2 heterocycles. The maximum absolute atomic E-state index is 12.2. The van der Waals surface area contributed by atoms with Gasteiger partial charge in [-0.3, -0.25) is 4.79 Å². The molecule has 0 spiro atoms. The van der Waals surface area contributed by atoms with E-state index < -0.39 is 0 Å². The molecule has 0 aromatic carbocycles. The van der Waals surface area contributed by atoms with Crippen molar-refractivity contribution in [2.75, 3.05) is 25.1 Å². The molecular weight excluding hydrogens is 294 g/mol. The Hall–Kier alpha value is -1.92. The van der Waals surface area contributed by atoms with Crippen molar-refractivity contribution in [3.63, 3.8) is 0 Å². The third-order valence-corrected chi connectivity index (χ3v) is 4.62. The topological polar surface area (TPSA) is 80.2 Å². The Balaban J connectivity index is 1.64. The van der Waals surface area contributed by atoms with Crippen LogP contribution < -0.4 is 15.0 Å². The molecule has 1 saturated carbocycles. The zero-order valence-corrected chi connectivity index (χ0v) is 13.8. The van der Waals surface area contributed by atoms with Crippen LogP contribution in [0, 0.1) is 5.92 Å². The molecule has 7 nitrogen and oxygen atoms in total. The maximum Gasteiger partial charge on any atom is 0.321 e. The number of nitrogens with one attached hydrogen (secondary N) is 1. The standard InChI is InChI=1S/C16H25N5O2/c1-23-16-19-13(18-15(20-16)21-9-5-6-10-21)11-17-14(22)12-7-3-2-4-8-12/h12H,2-11H2,1H3,(H,17,22). The van der Waals surface area contributed by atoms with Gasteiger partial charge in [-0.2, -0.15) is 15.0 Å². The molecule has 126 valence electrons. The van der Waals surface area contributed by atoms with Crippen LogP contribution in [-0.2, 0) is 11.3 Å². The van der Waals surface area contributed by atoms with Crippen LogP contribution in [-0.4, -0.2) is 41.1 Å². The summed E-state index contributed by atoms with van der Waals surface area (Å²) in [4.78, 5) is 27.4. The predicted molar refractivity (Wildman–Crippen MR) is 86.2 cm³/mol. The lowest BCUT2D eigenvalue weighted by Gasteiger charge is -2.20. The minimum atomic E-state index is 0.117. The Labute approximate surface area is 136 Å². The molecule has 0 unspecified atom stereocenters. The van der Waals surface area contributed by atoms with Gasteiger partial charge in [0, 0.05) is 19.0 Å². The van der Waals surface area contributed by atoms with Crippen LogP contribution in [0.1, 0.15) is 50.8 Å². The minimum absolute atomic E-state index is 0.117. The van der Waals surface area contributed by atoms with Crippen molar-refractivity contribution >= 4 is 11.9 Å². The summed E-state index contributed by atoms with van der Waals surface area (Å²) in [5.74, 6) is 1.47. The molecule has 1 aliphatic carbocycles. The van der Waals surface area contributed by atoms with Gasteiger partial charge < -0.3 is 15.0 Å². The second-order valence-electron chi connectivity index (χ2n) is 6.29. The molecule has 2 aliphatic rings. The van der Waals surface area contributed by atoms with Gasteiger partial charge in [-0.15, -0.1) is 0 Å². The number of hydrogen-bond donors (Lipinski definition) is 1. The Morgan fingerprint density at radius 3 is 2.57 bits per heavy atom. The normalized spacial score (nSPS) is 18.9. The second-order valence-corrected chi connectivity index (χ2v) is 6.29. The Bertz CT molecular complexity index is 539. The number of ether oxygens (including phenoxy) is 1. The zero-order valence-electron chi connectivity index (χ0n) is 13.8. The first-order valence-electron chi connectivity index (χ1n) is 8.58. The van der Waals surface area contributed by atoms with Crippen molar-refractivity contribution in [3.8, 4) is 6.01 Å². The van der Waals surface area contributed by atoms with Crippen molar-refractivity contribution in [3.05, 3.63) is 5.82 Å². The van der Waals surface area contributed by atoms with Crippen molar-refractivity contribution in [2.45, 2.75) is 51.5 Å². The van der Waals surface area contributed by atoms with Crippen LogP contribution in [0.2, 0.25) is 0 Å². The lowest BCUT2D eigenvalue weighted by molar-refractivity contribution is -0.126. The van der Waals surface area contributed by atoms with Gasteiger partial charge in [0.15, 0.2) is 5.82 Å². The molecule has 0 bridgehead atoms. The lowest BCUT2D eigenvalue weighted by Crippen LogP contribution is -2.32. The first-order chi connectivity index (χ1) is 11.3. The van der Waals surface area contributed by atoms with E-state index in [-0.39, 0.29) is 11.8 Å². The highest BCUT2D eigenvalue weighted by Gasteiger charge is 2.22. The maximum atomic E-state index is 12.2. The minimum Gasteiger partial charge on any atom is -0.467 e. The Kier molecular flexibility index (Phi) is 5.25. The summed E-state index contributed by atoms with van der Waals surface area (Å²) >= 11 is 0. The number of carbonyl (C=O) groups excluding carboxylic acids is 1. The molecule has 0 atom stereocenters. The van der Waals surface area contributed by atoms with Crippen LogP contribution in [0.5, 0.6) is 6.01 Å². The molecule has 1 aromatic heterocycles. The molecule has 7 heteroatoms. The largest absolute Gasteiger partial charge is 0.467 e. The highest BCUT2D eigenvalue weighted by atomic mass is 16.5. The summed E-state index contributed by atoms with van der Waals surface area (Å²) in [5, 5.41) is 2.97. The molecule has 1 aliphatic heterocycles. The van der Waals surface area contributed by atoms with Crippen LogP contribution >= 0.6 is 0 Å². The van der Waals surface area contributed by atoms with E-state index in [4.69, 9.17) is 4.74 Å². The van der Waals surface area contributed by atoms with E-state index in [9.17, 15) is 4.79 Å². The van der Waals surface area contributed by atoms with Gasteiger partial charge in [-0.25, -0.2) is 0 Å². The number of aromatic nitrogens is 3. The first-order valence-corrected chi connectivity index (χ1v) is 8.58. The van der Waals surface area contributed by atoms with Crippen LogP contribution in [0.4, 0.5) is 5.95 Å². The average Bonchev–Trinajstić information content (AvgIpc) is 3.15. The van der Waals surface area contributed by atoms with Crippen LogP contribution in [0.15, 0.2) is 0 Å². The van der Waals surface area contributed by atoms with E-state index in [0.717, 1.165) is 51.6 Å². The average molecular weight is 319 g/mol. The van der Waals surface area contributed by atoms with E-state index >= 15 is 0 Å². The van der Waals surface area contributed by atoms with Gasteiger partial charge in [0.25, 0.3) is 0 Å². The summed E-state index contributed by atoms with van der Waals surface area (Å²) in [6.07, 6.45) is 7.83. The number of nitrogens with zero attached hydrogens (tertiary/aromatic N) is 4. The van der Waals surface area contributed by atoms with E-state index in [1.165, 1.54) is 6.42 Å². The fourth-order valence-electron chi connectivity index (χ4n) is 3.29. The van der Waals surface area contributed by atoms with Gasteiger partial charge in [0.2, 0.25) is 11.9 Å². The molecule has 1 saturated heterocycles. The lowest BCUT2D eigenvalue weighted by atomic mass is 9.89. The van der Waals surface area contributed by atoms with Crippen molar-refractivity contribution in [1.29, 1.82) is 0 Å². The third-order valence-electron chi connectivity index (χ3n) is 4.62. The molecule has 1 aromatic rings. The highest BCUT2D eigenvalue weighted by molar-refractivity contribution is 5.78. The molecule has 23 heavy (non-hydrogen) atoms.